The van der Waals surface area contributed by atoms with Crippen LogP contribution in [0.25, 0.3) is 5.76 Å². The van der Waals surface area contributed by atoms with E-state index in [1.54, 1.807) is 19.0 Å². The molecule has 0 aliphatic heterocycles. The number of likely N-dealkylation sites (N-methyl/N-ethyl adjacent to an activating group) is 1. The number of fused-ring (bicyclic) bond motifs is 3. The van der Waals surface area contributed by atoms with Crippen LogP contribution in [-0.4, -0.2) is 94.4 Å². The molecule has 14 heteroatoms. The Hall–Kier alpha value is -3.32. The summed E-state index contributed by atoms with van der Waals surface area (Å²) >= 11 is 12.2. The minimum Gasteiger partial charge on any atom is -0.508 e. The van der Waals surface area contributed by atoms with Crippen LogP contribution in [0.15, 0.2) is 16.9 Å². The minimum atomic E-state index is -2.76. The second-order valence-corrected chi connectivity index (χ2v) is 10.9. The van der Waals surface area contributed by atoms with Gasteiger partial charge in [-0.15, -0.1) is 11.6 Å². The molecular weight excluding hydrogens is 555 g/mol. The van der Waals surface area contributed by atoms with Crippen molar-refractivity contribution in [3.63, 3.8) is 0 Å². The van der Waals surface area contributed by atoms with Gasteiger partial charge in [0.15, 0.2) is 17.1 Å². The number of anilines is 2. The number of nitrogens with zero attached hydrogens (tertiary/aromatic N) is 2. The van der Waals surface area contributed by atoms with Crippen LogP contribution in [-0.2, 0) is 25.6 Å². The van der Waals surface area contributed by atoms with Gasteiger partial charge >= 0.3 is 0 Å². The number of hydrogen-bond acceptors (Lipinski definition) is 10. The van der Waals surface area contributed by atoms with E-state index in [2.05, 4.69) is 5.32 Å². The lowest BCUT2D eigenvalue weighted by Gasteiger charge is -2.50. The van der Waals surface area contributed by atoms with Crippen LogP contribution in [0.3, 0.4) is 0 Å². The molecule has 0 heterocycles. The smallest absolute Gasteiger partial charge is 0.255 e. The second kappa shape index (κ2) is 9.70. The van der Waals surface area contributed by atoms with Gasteiger partial charge in [-0.1, -0.05) is 11.6 Å². The first-order chi connectivity index (χ1) is 18.1. The molecule has 4 rings (SSSR count). The zero-order valence-corrected chi connectivity index (χ0v) is 23.0. The summed E-state index contributed by atoms with van der Waals surface area (Å²) in [6.07, 6.45) is -0.0270. The number of aliphatic hydroxyl groups excluding tert-OH is 2. The van der Waals surface area contributed by atoms with Gasteiger partial charge in [-0.25, -0.2) is 0 Å². The number of nitrogens with two attached hydrogens (primary N) is 1. The van der Waals surface area contributed by atoms with Crippen LogP contribution in [0, 0.1) is 11.8 Å². The number of phenols is 1. The van der Waals surface area contributed by atoms with E-state index >= 15 is 0 Å². The van der Waals surface area contributed by atoms with Crippen molar-refractivity contribution in [3.05, 3.63) is 33.1 Å². The highest BCUT2D eigenvalue weighted by Gasteiger charge is 2.64. The molecular formula is C25H28Cl2N4O8. The van der Waals surface area contributed by atoms with E-state index in [9.17, 15) is 39.6 Å². The van der Waals surface area contributed by atoms with Crippen molar-refractivity contribution < 1.29 is 39.6 Å². The molecule has 0 bridgehead atoms. The summed E-state index contributed by atoms with van der Waals surface area (Å²) in [5, 5.41) is 47.5. The van der Waals surface area contributed by atoms with Gasteiger partial charge in [0.05, 0.1) is 22.3 Å². The van der Waals surface area contributed by atoms with E-state index in [4.69, 9.17) is 28.9 Å². The third kappa shape index (κ3) is 3.96. The first-order valence-electron chi connectivity index (χ1n) is 11.9. The highest BCUT2D eigenvalue weighted by molar-refractivity contribution is 6.38. The fraction of sp³-hybridized carbons (Fsp3) is 0.440. The Kier molecular flexibility index (Phi) is 7.13. The van der Waals surface area contributed by atoms with Crippen LogP contribution >= 0.6 is 23.2 Å². The van der Waals surface area contributed by atoms with E-state index < -0.39 is 75.6 Å². The first-order valence-corrected chi connectivity index (χ1v) is 12.8. The molecule has 0 spiro atoms. The number of carbonyl (C=O) groups excluding carboxylic acids is 4. The normalized spacial score (nSPS) is 26.3. The lowest BCUT2D eigenvalue weighted by Crippen LogP contribution is -2.65. The van der Waals surface area contributed by atoms with Gasteiger partial charge in [-0.3, -0.25) is 24.1 Å². The SMILES string of the molecule is CN(C)c1c(Cl)c(NC(=O)CCl)c(O)c2c1CC1CC3C(N(C)C)C(=O)C(C(N)=O)=C(O)C3(O)C(=O)C1=C2O. The number of primary amides is 1. The molecule has 3 aliphatic rings. The van der Waals surface area contributed by atoms with Crippen molar-refractivity contribution >= 4 is 63.7 Å². The first kappa shape index (κ1) is 28.7. The fourth-order valence-electron chi connectivity index (χ4n) is 6.08. The fourth-order valence-corrected chi connectivity index (χ4v) is 6.57. The molecule has 1 aromatic rings. The maximum Gasteiger partial charge on any atom is 0.255 e. The summed E-state index contributed by atoms with van der Waals surface area (Å²) in [7, 11) is 6.35. The molecule has 1 saturated carbocycles. The maximum atomic E-state index is 13.9. The number of Topliss-reactive ketones (excluding diaryl/α,β-unsaturated/α-hetero) is 2. The van der Waals surface area contributed by atoms with Gasteiger partial charge in [0, 0.05) is 25.6 Å². The van der Waals surface area contributed by atoms with Gasteiger partial charge < -0.3 is 36.4 Å². The zero-order chi connectivity index (χ0) is 29.3. The number of halogens is 2. The molecule has 210 valence electrons. The molecule has 7 N–H and O–H groups in total. The van der Waals surface area contributed by atoms with Crippen LogP contribution in [0.4, 0.5) is 11.4 Å². The predicted octanol–water partition coefficient (Wildman–Crippen LogP) is 0.861. The van der Waals surface area contributed by atoms with E-state index in [1.807, 2.05) is 0 Å². The Morgan fingerprint density at radius 3 is 2.28 bits per heavy atom. The van der Waals surface area contributed by atoms with E-state index in [0.29, 0.717) is 11.3 Å². The van der Waals surface area contributed by atoms with Gasteiger partial charge in [0.25, 0.3) is 5.91 Å². The molecule has 2 amide bonds. The number of amides is 2. The van der Waals surface area contributed by atoms with Gasteiger partial charge in [0.2, 0.25) is 11.7 Å². The summed E-state index contributed by atoms with van der Waals surface area (Å²) in [4.78, 5) is 54.3. The van der Waals surface area contributed by atoms with E-state index in [0.717, 1.165) is 0 Å². The second-order valence-electron chi connectivity index (χ2n) is 10.3. The summed E-state index contributed by atoms with van der Waals surface area (Å²) in [6, 6.07) is -1.19. The number of hydrogen-bond donors (Lipinski definition) is 6. The van der Waals surface area contributed by atoms with Crippen LogP contribution in [0.5, 0.6) is 5.75 Å². The molecule has 1 fully saturated rings. The monoisotopic (exact) mass is 582 g/mol. The van der Waals surface area contributed by atoms with Crippen LogP contribution in [0.2, 0.25) is 5.02 Å². The van der Waals surface area contributed by atoms with Crippen molar-refractivity contribution in [1.82, 2.24) is 4.90 Å². The average molecular weight is 583 g/mol. The maximum absolute atomic E-state index is 13.9. The van der Waals surface area contributed by atoms with E-state index in [-0.39, 0.29) is 34.7 Å². The van der Waals surface area contributed by atoms with Gasteiger partial charge in [0.1, 0.15) is 28.7 Å². The highest BCUT2D eigenvalue weighted by atomic mass is 35.5. The minimum absolute atomic E-state index is 0.0321. The molecule has 0 radical (unpaired) electrons. The number of alkyl halides is 1. The van der Waals surface area contributed by atoms with Crippen molar-refractivity contribution in [1.29, 1.82) is 0 Å². The Morgan fingerprint density at radius 1 is 1.15 bits per heavy atom. The van der Waals surface area contributed by atoms with Crippen molar-refractivity contribution in [2.75, 3.05) is 44.3 Å². The quantitative estimate of drug-likeness (QED) is 0.165. The molecule has 3 aliphatic carbocycles. The molecule has 39 heavy (non-hydrogen) atoms. The molecule has 4 unspecified atom stereocenters. The van der Waals surface area contributed by atoms with Crippen LogP contribution in [0.1, 0.15) is 17.5 Å². The van der Waals surface area contributed by atoms with Gasteiger partial charge in [-0.05, 0) is 38.4 Å². The van der Waals surface area contributed by atoms with Crippen molar-refractivity contribution in [2.45, 2.75) is 24.5 Å². The lowest BCUT2D eigenvalue weighted by molar-refractivity contribution is -0.153. The van der Waals surface area contributed by atoms with Crippen LogP contribution < -0.4 is 16.0 Å². The number of aliphatic hydroxyl groups is 3. The number of rotatable bonds is 5. The molecule has 1 aromatic carbocycles. The predicted molar refractivity (Wildman–Crippen MR) is 143 cm³/mol. The summed E-state index contributed by atoms with van der Waals surface area (Å²) < 4.78 is 0. The molecule has 0 saturated heterocycles. The summed E-state index contributed by atoms with van der Waals surface area (Å²) in [5.74, 6) is -8.94. The largest absolute Gasteiger partial charge is 0.508 e. The Labute approximate surface area is 233 Å². The zero-order valence-electron chi connectivity index (χ0n) is 21.5. The number of benzene rings is 1. The third-order valence-corrected chi connectivity index (χ3v) is 8.25. The van der Waals surface area contributed by atoms with Gasteiger partial charge in [-0.2, -0.15) is 0 Å². The molecule has 12 nitrogen and oxygen atoms in total. The van der Waals surface area contributed by atoms with Crippen molar-refractivity contribution in [3.8, 4) is 5.75 Å². The Bertz CT molecular complexity index is 1400. The number of carbonyl (C=O) groups is 4. The number of ketones is 2. The summed E-state index contributed by atoms with van der Waals surface area (Å²) in [5.41, 5.74) is 1.61. The Morgan fingerprint density at radius 2 is 1.77 bits per heavy atom. The van der Waals surface area contributed by atoms with E-state index in [1.165, 1.54) is 19.0 Å². The number of aromatic hydroxyl groups is 1. The standard InChI is InChI=1S/C25H28Cl2N4O8/c1-30(2)17-9-5-8-6-10-18(31(3)4)21(35)14(24(28)38)23(37)25(10,39)22(36)12(8)19(33)13(9)20(34)16(15(17)27)29-11(32)7-26/h8,10,18,33-34,37,39H,5-7H2,1-4H3,(H2,28,38)(H,29,32). The topological polar surface area (TPSA) is 194 Å². The molecule has 4 atom stereocenters. The third-order valence-electron chi connectivity index (χ3n) is 7.63. The number of phenolic OH excluding ortho intramolecular Hbond substituents is 1. The lowest BCUT2D eigenvalue weighted by atomic mass is 9.57. The highest BCUT2D eigenvalue weighted by Crippen LogP contribution is 2.56. The van der Waals surface area contributed by atoms with Crippen molar-refractivity contribution in [2.24, 2.45) is 17.6 Å². The molecule has 0 aromatic heterocycles. The average Bonchev–Trinajstić information content (AvgIpc) is 2.83. The Balaban J connectivity index is 2.02. The summed E-state index contributed by atoms with van der Waals surface area (Å²) in [6.45, 7) is 0. The number of nitrogens with one attached hydrogen (secondary N) is 1.